The molecule has 4 aliphatic carbocycles. The summed E-state index contributed by atoms with van der Waals surface area (Å²) in [6.45, 7) is 15.6. The average Bonchev–Trinajstić information content (AvgIpc) is 1.52. The zero-order chi connectivity index (χ0) is 82.9. The number of carbonyl (C=O) groups excluding carboxylic acids is 3. The number of aliphatic hydroxyl groups excluding tert-OH is 1. The Morgan fingerprint density at radius 3 is 1.89 bits per heavy atom. The minimum atomic E-state index is -0.954. The van der Waals surface area contributed by atoms with Crippen molar-refractivity contribution in [2.24, 2.45) is 17.1 Å². The predicted octanol–water partition coefficient (Wildman–Crippen LogP) is 15.3. The van der Waals surface area contributed by atoms with Crippen molar-refractivity contribution in [1.82, 2.24) is 19.6 Å². The molecule has 4 saturated heterocycles. The second-order valence-electron chi connectivity index (χ2n) is 35.0. The first kappa shape index (κ1) is 85.3. The lowest BCUT2D eigenvalue weighted by Crippen LogP contribution is -2.76. The van der Waals surface area contributed by atoms with Gasteiger partial charge >= 0.3 is 5.97 Å². The van der Waals surface area contributed by atoms with Crippen molar-refractivity contribution in [3.8, 4) is 29.1 Å². The number of aromatic hydroxyl groups is 3. The number of phenols is 3. The number of amides is 1. The van der Waals surface area contributed by atoms with E-state index >= 15 is 0 Å². The zero-order valence-electron chi connectivity index (χ0n) is 69.2. The number of nitrogens with zero attached hydrogens (tertiary/aromatic N) is 6. The number of β-amino-alcohol motifs (C(OH)–C–C–N with tert-alkyl or cyclic N) is 1. The van der Waals surface area contributed by atoms with Gasteiger partial charge in [0.25, 0.3) is 0 Å². The Bertz CT molecular complexity index is 4700. The van der Waals surface area contributed by atoms with E-state index < -0.39 is 40.0 Å². The number of Topliss-reactive ketones (excluding diaryl/α,β-unsaturated/α-hetero) is 2. The number of nitriles is 1. The first-order valence-electron chi connectivity index (χ1n) is 42.8. The Morgan fingerprint density at radius 2 is 1.27 bits per heavy atom. The molecule has 10 atom stereocenters. The molecule has 4 bridgehead atoms. The van der Waals surface area contributed by atoms with E-state index in [4.69, 9.17) is 10.5 Å². The van der Waals surface area contributed by atoms with Crippen LogP contribution in [0.25, 0.3) is 0 Å². The van der Waals surface area contributed by atoms with Gasteiger partial charge in [0.1, 0.15) is 22.7 Å². The lowest BCUT2D eigenvalue weighted by atomic mass is 9.49. The number of fused-ring (bicyclic) bond motifs is 4. The molecule has 0 radical (unpaired) electrons. The van der Waals surface area contributed by atoms with Crippen LogP contribution in [0.15, 0.2) is 206 Å². The van der Waals surface area contributed by atoms with Crippen LogP contribution in [-0.4, -0.2) is 177 Å². The molecule has 1 amide bonds. The molecule has 8 aromatic carbocycles. The molecule has 1 spiro atoms. The molecule has 5 aliphatic heterocycles. The first-order chi connectivity index (χ1) is 56.4. The number of benzene rings is 8. The lowest BCUT2D eigenvalue weighted by molar-refractivity contribution is -0.185. The van der Waals surface area contributed by atoms with Gasteiger partial charge in [-0.05, 0) is 228 Å². The number of carbonyl (C=O) groups is 4. The number of hydrogen-bond acceptors (Lipinski definition) is 16. The smallest absolute Gasteiger partial charge is 0.314 e. The number of likely N-dealkylation sites (tertiary alicyclic amines) is 4. The largest absolute Gasteiger partial charge is 0.508 e. The van der Waals surface area contributed by atoms with E-state index in [0.29, 0.717) is 100 Å². The number of ketones is 2. The molecule has 6 fully saturated rings. The van der Waals surface area contributed by atoms with Crippen molar-refractivity contribution in [3.63, 3.8) is 0 Å². The number of carboxylic acids is 1. The predicted molar refractivity (Wildman–Crippen MR) is 459 cm³/mol. The highest BCUT2D eigenvalue weighted by atomic mass is 16.5. The second-order valence-corrected chi connectivity index (χ2v) is 35.0. The Hall–Kier alpha value is -9.55. The van der Waals surface area contributed by atoms with E-state index in [2.05, 4.69) is 52.6 Å². The van der Waals surface area contributed by atoms with Crippen LogP contribution in [0.4, 0.5) is 5.69 Å². The number of para-hydroxylation sites is 1. The number of aliphatic carboxylic acids is 1. The molecule has 9 aliphatic rings. The summed E-state index contributed by atoms with van der Waals surface area (Å²) in [5, 5.41) is 72.1. The van der Waals surface area contributed by atoms with Crippen LogP contribution in [-0.2, 0) is 53.7 Å². The SMILES string of the molecule is CC12CCCCCC(c3ccc(O)cc3C1)C2N.CCC(=O)C1(c2cccc(O)c2)CCN(C)CC1.CCC(=O)N(c1ccccc1)C1CCN(CC(O)c2ccccc2)CC1C.CN1CCC23c4c5ccc(O)c4OC2C(=O)CCC3(O)C1C5.N#CC(CCN1CCC(C(=O)O)(c2ccccc2)CC1)(c1ccccc1)c1ccccc1. The molecule has 18 nitrogen and oxygen atoms in total. The molecule has 8 aromatic rings. The van der Waals surface area contributed by atoms with Gasteiger partial charge in [0.2, 0.25) is 5.91 Å². The Kier molecular flexibility index (Phi) is 26.8. The van der Waals surface area contributed by atoms with E-state index in [1.54, 1.807) is 18.2 Å². The van der Waals surface area contributed by atoms with E-state index in [1.165, 1.54) is 43.2 Å². The normalized spacial score (nSPS) is 25.8. The Balaban J connectivity index is 0.000000129. The zero-order valence-corrected chi connectivity index (χ0v) is 69.2. The van der Waals surface area contributed by atoms with Gasteiger partial charge in [-0.1, -0.05) is 211 Å². The Labute approximate surface area is 691 Å². The van der Waals surface area contributed by atoms with Gasteiger partial charge in [0.05, 0.1) is 34.0 Å². The summed E-state index contributed by atoms with van der Waals surface area (Å²) in [5.74, 6) is 1.75. The van der Waals surface area contributed by atoms with Crippen LogP contribution in [0.3, 0.4) is 0 Å². The molecule has 18 heteroatoms. The third-order valence-electron chi connectivity index (χ3n) is 28.2. The summed E-state index contributed by atoms with van der Waals surface area (Å²) < 4.78 is 5.94. The summed E-state index contributed by atoms with van der Waals surface area (Å²) in [7, 11) is 4.13. The topological polar surface area (TPSA) is 265 Å². The molecule has 0 aromatic heterocycles. The monoisotopic (exact) mass is 1580 g/mol. The fourth-order valence-electron chi connectivity index (χ4n) is 21.4. The summed E-state index contributed by atoms with van der Waals surface area (Å²) in [6.07, 6.45) is 14.0. The van der Waals surface area contributed by atoms with Crippen molar-refractivity contribution in [2.45, 2.75) is 207 Å². The van der Waals surface area contributed by atoms with Gasteiger partial charge in [-0.2, -0.15) is 5.26 Å². The number of nitrogens with two attached hydrogens (primary N) is 1. The molecule has 10 unspecified atom stereocenters. The Morgan fingerprint density at radius 1 is 0.658 bits per heavy atom. The van der Waals surface area contributed by atoms with Gasteiger partial charge < -0.3 is 60.7 Å². The third kappa shape index (κ3) is 17.3. The maximum atomic E-state index is 12.7. The fraction of sp³-hybridized carbons (Fsp3) is 0.465. The molecule has 8 N–H and O–H groups in total. The highest BCUT2D eigenvalue weighted by Crippen LogP contribution is 2.65. The van der Waals surface area contributed by atoms with Crippen LogP contribution in [0, 0.1) is 22.7 Å². The van der Waals surface area contributed by atoms with Crippen molar-refractivity contribution in [1.29, 1.82) is 5.26 Å². The van der Waals surface area contributed by atoms with Gasteiger partial charge in [-0.25, -0.2) is 0 Å². The minimum Gasteiger partial charge on any atom is -0.508 e. The van der Waals surface area contributed by atoms with E-state index in [1.807, 2.05) is 208 Å². The van der Waals surface area contributed by atoms with Crippen LogP contribution in [0.1, 0.15) is 193 Å². The van der Waals surface area contributed by atoms with Crippen molar-refractivity contribution in [3.05, 3.63) is 256 Å². The van der Waals surface area contributed by atoms with E-state index in [-0.39, 0.29) is 52.1 Å². The van der Waals surface area contributed by atoms with Crippen LogP contribution >= 0.6 is 0 Å². The quantitative estimate of drug-likeness (QED) is 0.0474. The number of aliphatic hydroxyl groups is 2. The first-order valence-corrected chi connectivity index (χ1v) is 42.8. The lowest BCUT2D eigenvalue weighted by Gasteiger charge is -2.61. The van der Waals surface area contributed by atoms with Crippen LogP contribution in [0.2, 0.25) is 0 Å². The number of ether oxygens (including phenoxy) is 1. The van der Waals surface area contributed by atoms with Crippen molar-refractivity contribution >= 4 is 29.1 Å². The van der Waals surface area contributed by atoms with Gasteiger partial charge in [0, 0.05) is 74.8 Å². The highest BCUT2D eigenvalue weighted by molar-refractivity contribution is 5.94. The maximum Gasteiger partial charge on any atom is 0.314 e. The van der Waals surface area contributed by atoms with Crippen molar-refractivity contribution < 1.29 is 54.6 Å². The molecule has 2 saturated carbocycles. The number of likely N-dealkylation sites (N-methyl/N-ethyl adjacent to an activating group) is 1. The van der Waals surface area contributed by atoms with Gasteiger partial charge in [-0.15, -0.1) is 0 Å². The minimum absolute atomic E-state index is 0.00319. The molecular weight excluding hydrogens is 1460 g/mol. The van der Waals surface area contributed by atoms with Crippen LogP contribution in [0.5, 0.6) is 23.0 Å². The maximum absolute atomic E-state index is 12.7. The van der Waals surface area contributed by atoms with Gasteiger partial charge in [-0.3, -0.25) is 24.1 Å². The summed E-state index contributed by atoms with van der Waals surface area (Å²) >= 11 is 0. The number of hydrogen-bond donors (Lipinski definition) is 7. The molecule has 618 valence electrons. The van der Waals surface area contributed by atoms with E-state index in [0.717, 1.165) is 116 Å². The standard InChI is InChI=1S/C28H28N2O2.C23H30N2O2.C17H19NO4.C16H23NO.C15H21NO2/c29-22-28(24-12-6-2-7-13-24,25-14-8-3-9-15-25)18-21-30-19-16-27(17-20-30,26(31)32)23-10-4-1-5-11-23;1-3-23(27)25(20-12-8-5-9-13-20)21-14-15-24(16-18(21)2)17-22(26)19-10-6-4-7-11-19;1-18-7-6-16-13-9-2-3-10(19)14(13)22-15(16)11(20)4-5-17(16,21)12(18)8-9;1-16-8-4-2-3-5-14(15(16)17)13-7-6-12(18)9-11(13)10-16;1-3-14(18)15(7-9-16(2)10-8-15)12-5-4-6-13(17)11-12/h1-15H,16-21H2,(H,31,32);4-13,18,21-22,26H,3,14-17H2,1-2H3;2-3,12,15,19,21H,4-8H2,1H3;6-7,9,14-15,18H,2-5,8,10,17H2,1H3;4-6,11,17H,3,7-10H2,1-2H3. The summed E-state index contributed by atoms with van der Waals surface area (Å²) in [6, 6.07) is 69.1. The van der Waals surface area contributed by atoms with E-state index in [9.17, 15) is 55.1 Å². The summed E-state index contributed by atoms with van der Waals surface area (Å²) in [4.78, 5) is 60.9. The molecular formula is C99H121N7O11. The molecule has 5 heterocycles. The second kappa shape index (κ2) is 36.8. The fourth-order valence-corrected chi connectivity index (χ4v) is 21.4. The molecule has 17 rings (SSSR count). The highest BCUT2D eigenvalue weighted by Gasteiger charge is 2.73. The van der Waals surface area contributed by atoms with Crippen LogP contribution < -0.4 is 15.4 Å². The molecule has 117 heavy (non-hydrogen) atoms. The average molecular weight is 1590 g/mol. The third-order valence-corrected chi connectivity index (χ3v) is 28.2. The number of anilines is 1. The number of phenolic OH excluding ortho intramolecular Hbond substituents is 3. The van der Waals surface area contributed by atoms with Crippen molar-refractivity contribution in [2.75, 3.05) is 77.9 Å². The number of rotatable bonds is 16. The number of piperidine rings is 4. The summed E-state index contributed by atoms with van der Waals surface area (Å²) in [5.41, 5.74) is 13.7. The number of carboxylic acid groups (broad SMARTS) is 1. The van der Waals surface area contributed by atoms with Gasteiger partial charge in [0.15, 0.2) is 23.4 Å².